The number of halogens is 3. The third-order valence-electron chi connectivity index (χ3n) is 2.23. The Morgan fingerprint density at radius 3 is 2.56 bits per heavy atom. The maximum absolute atomic E-state index is 12.4. The quantitative estimate of drug-likeness (QED) is 0.732. The largest absolute Gasteiger partial charge is 0.435 e. The molecule has 0 unspecified atom stereocenters. The van der Waals surface area contributed by atoms with Crippen molar-refractivity contribution < 1.29 is 13.2 Å². The number of rotatable bonds is 2. The molecule has 1 rings (SSSR count). The third-order valence-corrected chi connectivity index (χ3v) is 2.23. The van der Waals surface area contributed by atoms with Crippen LogP contribution in [-0.2, 0) is 13.2 Å². The molecule has 88 valence electrons. The molecule has 0 N–H and O–H groups in total. The predicted octanol–water partition coefficient (Wildman–Crippen LogP) is 2.09. The molecule has 0 aromatic carbocycles. The minimum Gasteiger partial charge on any atom is -0.267 e. The van der Waals surface area contributed by atoms with E-state index in [1.54, 1.807) is 6.92 Å². The third kappa shape index (κ3) is 2.32. The van der Waals surface area contributed by atoms with Crippen molar-refractivity contribution in [2.45, 2.75) is 19.0 Å². The van der Waals surface area contributed by atoms with Crippen LogP contribution in [0.4, 0.5) is 13.2 Å². The van der Waals surface area contributed by atoms with Gasteiger partial charge in [-0.1, -0.05) is 13.0 Å². The Morgan fingerprint density at radius 1 is 1.56 bits per heavy atom. The van der Waals surface area contributed by atoms with E-state index in [0.717, 1.165) is 6.07 Å². The zero-order chi connectivity index (χ0) is 12.5. The first-order valence-electron chi connectivity index (χ1n) is 4.55. The molecule has 0 saturated heterocycles. The molecule has 0 radical (unpaired) electrons. The van der Waals surface area contributed by atoms with E-state index < -0.39 is 23.3 Å². The molecular formula is C10H11F3N2O. The van der Waals surface area contributed by atoms with Crippen LogP contribution < -0.4 is 5.56 Å². The molecule has 1 atom stereocenters. The van der Waals surface area contributed by atoms with Crippen LogP contribution in [0, 0.1) is 0 Å². The zero-order valence-corrected chi connectivity index (χ0v) is 8.88. The molecule has 6 heteroatoms. The maximum atomic E-state index is 12.4. The van der Waals surface area contributed by atoms with Gasteiger partial charge in [-0.05, 0) is 6.07 Å². The van der Waals surface area contributed by atoms with Crippen LogP contribution in [0.3, 0.4) is 0 Å². The maximum Gasteiger partial charge on any atom is 0.435 e. The van der Waals surface area contributed by atoms with Crippen molar-refractivity contribution in [2.75, 3.05) is 0 Å². The summed E-state index contributed by atoms with van der Waals surface area (Å²) in [6, 6.07) is 0.772. The highest BCUT2D eigenvalue weighted by Crippen LogP contribution is 2.28. The summed E-state index contributed by atoms with van der Waals surface area (Å²) < 4.78 is 38.0. The minimum absolute atomic E-state index is 0.0415. The molecule has 0 bridgehead atoms. The summed E-state index contributed by atoms with van der Waals surface area (Å²) in [6.07, 6.45) is -3.14. The Hall–Kier alpha value is -1.59. The summed E-state index contributed by atoms with van der Waals surface area (Å²) in [7, 11) is 1.19. The van der Waals surface area contributed by atoms with Crippen molar-refractivity contribution in [1.82, 2.24) is 9.78 Å². The molecular weight excluding hydrogens is 221 g/mol. The number of aryl methyl sites for hydroxylation is 1. The SMILES string of the molecule is C=C[C@H](C)c1cc(C(F)(F)F)nn(C)c1=O. The van der Waals surface area contributed by atoms with Gasteiger partial charge in [-0.15, -0.1) is 6.58 Å². The molecule has 1 heterocycles. The van der Waals surface area contributed by atoms with Crippen molar-refractivity contribution in [3.63, 3.8) is 0 Å². The molecule has 0 fully saturated rings. The van der Waals surface area contributed by atoms with Gasteiger partial charge in [0.2, 0.25) is 0 Å². The van der Waals surface area contributed by atoms with E-state index in [1.807, 2.05) is 0 Å². The molecule has 16 heavy (non-hydrogen) atoms. The van der Waals surface area contributed by atoms with Gasteiger partial charge in [-0.3, -0.25) is 4.79 Å². The fraction of sp³-hybridized carbons (Fsp3) is 0.400. The Labute approximate surface area is 90.2 Å². The Kier molecular flexibility index (Phi) is 3.21. The van der Waals surface area contributed by atoms with Crippen LogP contribution in [-0.4, -0.2) is 9.78 Å². The molecule has 3 nitrogen and oxygen atoms in total. The van der Waals surface area contributed by atoms with Crippen molar-refractivity contribution in [2.24, 2.45) is 7.05 Å². The number of aromatic nitrogens is 2. The van der Waals surface area contributed by atoms with Crippen LogP contribution in [0.5, 0.6) is 0 Å². The first-order valence-corrected chi connectivity index (χ1v) is 4.55. The molecule has 0 aliphatic heterocycles. The van der Waals surface area contributed by atoms with Gasteiger partial charge >= 0.3 is 6.18 Å². The fourth-order valence-electron chi connectivity index (χ4n) is 1.22. The lowest BCUT2D eigenvalue weighted by molar-refractivity contribution is -0.142. The number of alkyl halides is 3. The average molecular weight is 232 g/mol. The number of allylic oxidation sites excluding steroid dienone is 1. The Balaban J connectivity index is 3.45. The Morgan fingerprint density at radius 2 is 2.12 bits per heavy atom. The molecule has 0 amide bonds. The second-order valence-electron chi connectivity index (χ2n) is 3.44. The number of hydrogen-bond acceptors (Lipinski definition) is 2. The second-order valence-corrected chi connectivity index (χ2v) is 3.44. The lowest BCUT2D eigenvalue weighted by Crippen LogP contribution is -2.27. The van der Waals surface area contributed by atoms with Gasteiger partial charge in [0, 0.05) is 18.5 Å². The van der Waals surface area contributed by atoms with Crippen molar-refractivity contribution in [1.29, 1.82) is 0 Å². The van der Waals surface area contributed by atoms with Crippen molar-refractivity contribution in [3.8, 4) is 0 Å². The average Bonchev–Trinajstić information content (AvgIpc) is 2.19. The highest BCUT2D eigenvalue weighted by molar-refractivity contribution is 5.22. The first-order chi connectivity index (χ1) is 7.27. The highest BCUT2D eigenvalue weighted by Gasteiger charge is 2.34. The summed E-state index contributed by atoms with van der Waals surface area (Å²) in [5.41, 5.74) is -1.57. The van der Waals surface area contributed by atoms with Gasteiger partial charge in [-0.2, -0.15) is 18.3 Å². The smallest absolute Gasteiger partial charge is 0.267 e. The highest BCUT2D eigenvalue weighted by atomic mass is 19.4. The molecule has 1 aromatic heterocycles. The van der Waals surface area contributed by atoms with Gasteiger partial charge in [0.1, 0.15) is 0 Å². The van der Waals surface area contributed by atoms with E-state index in [2.05, 4.69) is 11.7 Å². The van der Waals surface area contributed by atoms with Gasteiger partial charge in [0.25, 0.3) is 5.56 Å². The molecule has 0 spiro atoms. The lowest BCUT2D eigenvalue weighted by atomic mass is 10.0. The lowest BCUT2D eigenvalue weighted by Gasteiger charge is -2.11. The van der Waals surface area contributed by atoms with E-state index in [-0.39, 0.29) is 5.56 Å². The van der Waals surface area contributed by atoms with Crippen LogP contribution in [0.25, 0.3) is 0 Å². The second kappa shape index (κ2) is 4.11. The first kappa shape index (κ1) is 12.5. The summed E-state index contributed by atoms with van der Waals surface area (Å²) in [6.45, 7) is 5.05. The predicted molar refractivity (Wildman–Crippen MR) is 53.1 cm³/mol. The van der Waals surface area contributed by atoms with E-state index in [0.29, 0.717) is 4.68 Å². The zero-order valence-electron chi connectivity index (χ0n) is 8.88. The van der Waals surface area contributed by atoms with E-state index in [1.165, 1.54) is 13.1 Å². The standard InChI is InChI=1S/C10H11F3N2O/c1-4-6(2)7-5-8(10(11,12)13)14-15(3)9(7)16/h4-6H,1H2,2-3H3/t6-/m0/s1. The number of nitrogens with zero attached hydrogens (tertiary/aromatic N) is 2. The Bertz CT molecular complexity index is 462. The van der Waals surface area contributed by atoms with Gasteiger partial charge < -0.3 is 0 Å². The summed E-state index contributed by atoms with van der Waals surface area (Å²) >= 11 is 0. The summed E-state index contributed by atoms with van der Waals surface area (Å²) in [5, 5.41) is 3.17. The van der Waals surface area contributed by atoms with Crippen LogP contribution >= 0.6 is 0 Å². The van der Waals surface area contributed by atoms with E-state index in [4.69, 9.17) is 0 Å². The van der Waals surface area contributed by atoms with Crippen molar-refractivity contribution >= 4 is 0 Å². The monoisotopic (exact) mass is 232 g/mol. The van der Waals surface area contributed by atoms with Crippen LogP contribution in [0.15, 0.2) is 23.5 Å². The van der Waals surface area contributed by atoms with E-state index >= 15 is 0 Å². The molecule has 0 aliphatic rings. The molecule has 1 aromatic rings. The van der Waals surface area contributed by atoms with Crippen molar-refractivity contribution in [3.05, 3.63) is 40.3 Å². The summed E-state index contributed by atoms with van der Waals surface area (Å²) in [4.78, 5) is 11.5. The van der Waals surface area contributed by atoms with E-state index in [9.17, 15) is 18.0 Å². The molecule has 0 saturated carbocycles. The minimum atomic E-state index is -4.55. The molecule has 0 aliphatic carbocycles. The van der Waals surface area contributed by atoms with Crippen LogP contribution in [0.2, 0.25) is 0 Å². The number of hydrogen-bond donors (Lipinski definition) is 0. The topological polar surface area (TPSA) is 34.9 Å². The normalized spacial score (nSPS) is 13.6. The van der Waals surface area contributed by atoms with Gasteiger partial charge in [0.15, 0.2) is 5.69 Å². The van der Waals surface area contributed by atoms with Crippen LogP contribution in [0.1, 0.15) is 24.1 Å². The fourth-order valence-corrected chi connectivity index (χ4v) is 1.22. The van der Waals surface area contributed by atoms with Gasteiger partial charge in [0.05, 0.1) is 0 Å². The van der Waals surface area contributed by atoms with Gasteiger partial charge in [-0.25, -0.2) is 4.68 Å². The summed E-state index contributed by atoms with van der Waals surface area (Å²) in [5.74, 6) is -0.442.